The summed E-state index contributed by atoms with van der Waals surface area (Å²) in [5.41, 5.74) is 0.147. The van der Waals surface area contributed by atoms with Crippen LogP contribution in [0.5, 0.6) is 0 Å². The first-order chi connectivity index (χ1) is 11.7. The van der Waals surface area contributed by atoms with Crippen molar-refractivity contribution in [2.45, 2.75) is 56.6 Å². The van der Waals surface area contributed by atoms with Gasteiger partial charge in [-0.05, 0) is 71.8 Å². The van der Waals surface area contributed by atoms with Crippen LogP contribution in [-0.4, -0.2) is 80.4 Å². The number of likely N-dealkylation sites (tertiary alicyclic amines) is 2. The van der Waals surface area contributed by atoms with Crippen LogP contribution in [0, 0.1) is 0 Å². The number of hydrogen-bond acceptors (Lipinski definition) is 4. The van der Waals surface area contributed by atoms with Crippen LogP contribution in [0.3, 0.4) is 0 Å². The molecule has 0 saturated carbocycles. The fourth-order valence-corrected chi connectivity index (χ4v) is 4.33. The van der Waals surface area contributed by atoms with Crippen molar-refractivity contribution in [2.24, 2.45) is 0 Å². The van der Waals surface area contributed by atoms with Crippen LogP contribution in [0.4, 0.5) is 4.79 Å². The van der Waals surface area contributed by atoms with Gasteiger partial charge in [0.2, 0.25) is 0 Å². The number of amides is 2. The molecule has 3 aliphatic heterocycles. The summed E-state index contributed by atoms with van der Waals surface area (Å²) in [6.45, 7) is 6.83. The minimum Gasteiger partial charge on any atom is -0.376 e. The minimum absolute atomic E-state index is 0.0409. The highest BCUT2D eigenvalue weighted by Crippen LogP contribution is 2.30. The quantitative estimate of drug-likeness (QED) is 0.796. The third-order valence-electron chi connectivity index (χ3n) is 6.04. The van der Waals surface area contributed by atoms with Gasteiger partial charge >= 0.3 is 6.03 Å². The third-order valence-corrected chi connectivity index (χ3v) is 6.04. The first kappa shape index (κ1) is 18.0. The highest BCUT2D eigenvalue weighted by atomic mass is 16.5. The summed E-state index contributed by atoms with van der Waals surface area (Å²) in [4.78, 5) is 17.3. The van der Waals surface area contributed by atoms with Crippen LogP contribution < -0.4 is 10.6 Å². The predicted octanol–water partition coefficient (Wildman–Crippen LogP) is 1.41. The van der Waals surface area contributed by atoms with E-state index in [9.17, 15) is 4.79 Å². The molecule has 2 N–H and O–H groups in total. The standard InChI is InChI=1S/C18H34N4O2/c1-21-11-7-18(8-12-21,22-9-3-2-4-10-22)15-20-17(23)19-14-16-6-5-13-24-16/h16H,2-15H2,1H3,(H2,19,20,23)/t16-/m1/s1. The summed E-state index contributed by atoms with van der Waals surface area (Å²) in [5.74, 6) is 0. The Balaban J connectivity index is 1.50. The van der Waals surface area contributed by atoms with Gasteiger partial charge in [-0.3, -0.25) is 4.90 Å². The summed E-state index contributed by atoms with van der Waals surface area (Å²) >= 11 is 0. The Bertz CT molecular complexity index is 398. The molecule has 3 heterocycles. The minimum atomic E-state index is -0.0409. The topological polar surface area (TPSA) is 56.8 Å². The monoisotopic (exact) mass is 338 g/mol. The van der Waals surface area contributed by atoms with Crippen molar-refractivity contribution in [1.82, 2.24) is 20.4 Å². The molecule has 0 radical (unpaired) electrons. The van der Waals surface area contributed by atoms with Crippen molar-refractivity contribution in [3.63, 3.8) is 0 Å². The lowest BCUT2D eigenvalue weighted by Crippen LogP contribution is -2.62. The normalized spacial score (nSPS) is 28.6. The second-order valence-electron chi connectivity index (χ2n) is 7.77. The Kier molecular flexibility index (Phi) is 6.36. The van der Waals surface area contributed by atoms with Crippen LogP contribution in [0.25, 0.3) is 0 Å². The molecule has 0 spiro atoms. The van der Waals surface area contributed by atoms with Crippen molar-refractivity contribution < 1.29 is 9.53 Å². The SMILES string of the molecule is CN1CCC(CNC(=O)NC[C@H]2CCCO2)(N2CCCCC2)CC1. The highest BCUT2D eigenvalue weighted by molar-refractivity contribution is 5.73. The molecule has 0 aromatic heterocycles. The molecule has 0 aromatic carbocycles. The lowest BCUT2D eigenvalue weighted by Gasteiger charge is -2.50. The number of nitrogens with zero attached hydrogens (tertiary/aromatic N) is 2. The number of rotatable bonds is 5. The molecule has 1 atom stereocenters. The second-order valence-corrected chi connectivity index (χ2v) is 7.77. The van der Waals surface area contributed by atoms with E-state index in [1.54, 1.807) is 0 Å². The predicted molar refractivity (Wildman–Crippen MR) is 95.3 cm³/mol. The molecular formula is C18H34N4O2. The summed E-state index contributed by atoms with van der Waals surface area (Å²) in [6.07, 6.45) is 8.61. The molecule has 2 amide bonds. The Morgan fingerprint density at radius 1 is 1.08 bits per heavy atom. The van der Waals surface area contributed by atoms with Gasteiger partial charge in [0.05, 0.1) is 6.10 Å². The summed E-state index contributed by atoms with van der Waals surface area (Å²) in [6, 6.07) is -0.0409. The van der Waals surface area contributed by atoms with E-state index in [-0.39, 0.29) is 17.7 Å². The molecule has 0 aliphatic carbocycles. The maximum atomic E-state index is 12.2. The van der Waals surface area contributed by atoms with Gasteiger partial charge in [0.1, 0.15) is 0 Å². The fraction of sp³-hybridized carbons (Fsp3) is 0.944. The smallest absolute Gasteiger partial charge is 0.314 e. The molecule has 24 heavy (non-hydrogen) atoms. The molecule has 6 nitrogen and oxygen atoms in total. The van der Waals surface area contributed by atoms with Crippen LogP contribution in [0.1, 0.15) is 44.9 Å². The van der Waals surface area contributed by atoms with Gasteiger partial charge in [0, 0.05) is 25.2 Å². The first-order valence-electron chi connectivity index (χ1n) is 9.75. The summed E-state index contributed by atoms with van der Waals surface area (Å²) in [5, 5.41) is 6.15. The van der Waals surface area contributed by atoms with Crippen molar-refractivity contribution in [3.8, 4) is 0 Å². The van der Waals surface area contributed by atoms with E-state index in [0.717, 1.165) is 51.9 Å². The van der Waals surface area contributed by atoms with Gasteiger partial charge in [-0.25, -0.2) is 4.79 Å². The van der Waals surface area contributed by atoms with E-state index in [1.165, 1.54) is 32.4 Å². The zero-order valence-electron chi connectivity index (χ0n) is 15.2. The second kappa shape index (κ2) is 8.50. The Morgan fingerprint density at radius 3 is 2.50 bits per heavy atom. The van der Waals surface area contributed by atoms with Gasteiger partial charge in [-0.1, -0.05) is 6.42 Å². The molecule has 0 unspecified atom stereocenters. The van der Waals surface area contributed by atoms with Crippen molar-refractivity contribution in [2.75, 3.05) is 52.9 Å². The van der Waals surface area contributed by atoms with Gasteiger partial charge in [0.25, 0.3) is 0 Å². The Labute approximate surface area is 146 Å². The Hall–Kier alpha value is -0.850. The lowest BCUT2D eigenvalue weighted by molar-refractivity contribution is 0.0161. The average Bonchev–Trinajstić information content (AvgIpc) is 3.14. The number of piperidine rings is 2. The van der Waals surface area contributed by atoms with Gasteiger partial charge in [-0.2, -0.15) is 0 Å². The number of hydrogen-bond donors (Lipinski definition) is 2. The van der Waals surface area contributed by atoms with Gasteiger partial charge in [0.15, 0.2) is 0 Å². The number of ether oxygens (including phenoxy) is 1. The van der Waals surface area contributed by atoms with E-state index in [0.29, 0.717) is 6.54 Å². The summed E-state index contributed by atoms with van der Waals surface area (Å²) < 4.78 is 5.57. The van der Waals surface area contributed by atoms with E-state index < -0.39 is 0 Å². The first-order valence-corrected chi connectivity index (χ1v) is 9.75. The third kappa shape index (κ3) is 4.61. The van der Waals surface area contributed by atoms with Crippen molar-refractivity contribution >= 4 is 6.03 Å². The number of carbonyl (C=O) groups is 1. The fourth-order valence-electron chi connectivity index (χ4n) is 4.33. The van der Waals surface area contributed by atoms with E-state index in [2.05, 4.69) is 27.5 Å². The molecule has 3 aliphatic rings. The van der Waals surface area contributed by atoms with Gasteiger partial charge in [-0.15, -0.1) is 0 Å². The van der Waals surface area contributed by atoms with E-state index in [4.69, 9.17) is 4.74 Å². The molecule has 3 rings (SSSR count). The number of urea groups is 1. The van der Waals surface area contributed by atoms with Crippen molar-refractivity contribution in [1.29, 1.82) is 0 Å². The maximum Gasteiger partial charge on any atom is 0.314 e. The molecule has 6 heteroatoms. The molecule has 0 aromatic rings. The highest BCUT2D eigenvalue weighted by Gasteiger charge is 2.39. The number of carbonyl (C=O) groups excluding carboxylic acids is 1. The lowest BCUT2D eigenvalue weighted by atomic mass is 9.84. The van der Waals surface area contributed by atoms with Crippen LogP contribution in [0.2, 0.25) is 0 Å². The van der Waals surface area contributed by atoms with Crippen LogP contribution in [0.15, 0.2) is 0 Å². The molecule has 0 bridgehead atoms. The molecule has 3 fully saturated rings. The van der Waals surface area contributed by atoms with E-state index >= 15 is 0 Å². The molecule has 138 valence electrons. The van der Waals surface area contributed by atoms with E-state index in [1.807, 2.05) is 0 Å². The van der Waals surface area contributed by atoms with Gasteiger partial charge < -0.3 is 20.3 Å². The molecular weight excluding hydrogens is 304 g/mol. The van der Waals surface area contributed by atoms with Crippen molar-refractivity contribution in [3.05, 3.63) is 0 Å². The maximum absolute atomic E-state index is 12.2. The number of nitrogens with one attached hydrogen (secondary N) is 2. The average molecular weight is 338 g/mol. The Morgan fingerprint density at radius 2 is 1.83 bits per heavy atom. The van der Waals surface area contributed by atoms with Crippen LogP contribution >= 0.6 is 0 Å². The zero-order chi connectivity index (χ0) is 16.8. The molecule has 3 saturated heterocycles. The van der Waals surface area contributed by atoms with Crippen LogP contribution in [-0.2, 0) is 4.74 Å². The largest absolute Gasteiger partial charge is 0.376 e. The summed E-state index contributed by atoms with van der Waals surface area (Å²) in [7, 11) is 2.20. The zero-order valence-corrected chi connectivity index (χ0v) is 15.2.